The first-order valence-electron chi connectivity index (χ1n) is 7.11. The molecule has 7 nitrogen and oxygen atoms in total. The van der Waals surface area contributed by atoms with E-state index in [4.69, 9.17) is 5.11 Å². The number of hydrogen-bond donors (Lipinski definition) is 2. The smallest absolute Gasteiger partial charge is 0.407 e. The Hall–Kier alpha value is -2.31. The SMILES string of the molecule is O=C(O)N1CCC(CN2Cc3cccnc3NC2=O)CC1. The highest BCUT2D eigenvalue weighted by Crippen LogP contribution is 2.24. The lowest BCUT2D eigenvalue weighted by Gasteiger charge is -2.35. The van der Waals surface area contributed by atoms with Crippen LogP contribution in [0, 0.1) is 5.92 Å². The fraction of sp³-hybridized carbons (Fsp3) is 0.500. The van der Waals surface area contributed by atoms with E-state index in [1.807, 2.05) is 12.1 Å². The molecule has 1 aromatic heterocycles. The summed E-state index contributed by atoms with van der Waals surface area (Å²) in [5.41, 5.74) is 1.01. The van der Waals surface area contributed by atoms with Crippen LogP contribution in [0.2, 0.25) is 0 Å². The van der Waals surface area contributed by atoms with Gasteiger partial charge in [-0.3, -0.25) is 5.32 Å². The maximum absolute atomic E-state index is 12.1. The number of nitrogens with one attached hydrogen (secondary N) is 1. The van der Waals surface area contributed by atoms with Gasteiger partial charge in [0.1, 0.15) is 5.82 Å². The summed E-state index contributed by atoms with van der Waals surface area (Å²) < 4.78 is 0. The lowest BCUT2D eigenvalue weighted by Crippen LogP contribution is -2.45. The number of carbonyl (C=O) groups excluding carboxylic acids is 1. The highest BCUT2D eigenvalue weighted by Gasteiger charge is 2.28. The second-order valence-corrected chi connectivity index (χ2v) is 5.53. The molecular weight excluding hydrogens is 272 g/mol. The molecule has 0 aromatic carbocycles. The van der Waals surface area contributed by atoms with E-state index in [0.717, 1.165) is 18.4 Å². The number of urea groups is 1. The average Bonchev–Trinajstić information content (AvgIpc) is 2.48. The Morgan fingerprint density at radius 1 is 1.43 bits per heavy atom. The topological polar surface area (TPSA) is 85.8 Å². The number of amides is 3. The second-order valence-electron chi connectivity index (χ2n) is 5.53. The van der Waals surface area contributed by atoms with Gasteiger partial charge in [-0.15, -0.1) is 0 Å². The van der Waals surface area contributed by atoms with Crippen molar-refractivity contribution in [1.29, 1.82) is 0 Å². The predicted octanol–water partition coefficient (Wildman–Crippen LogP) is 1.82. The Kier molecular flexibility index (Phi) is 3.64. The summed E-state index contributed by atoms with van der Waals surface area (Å²) >= 11 is 0. The number of anilines is 1. The van der Waals surface area contributed by atoms with Crippen LogP contribution < -0.4 is 5.32 Å². The van der Waals surface area contributed by atoms with Crippen molar-refractivity contribution in [3.05, 3.63) is 23.9 Å². The molecule has 2 N–H and O–H groups in total. The molecule has 0 saturated carbocycles. The first-order chi connectivity index (χ1) is 10.1. The van der Waals surface area contributed by atoms with Gasteiger partial charge in [-0.2, -0.15) is 0 Å². The number of likely N-dealkylation sites (tertiary alicyclic amines) is 1. The third-order valence-electron chi connectivity index (χ3n) is 4.13. The van der Waals surface area contributed by atoms with Gasteiger partial charge in [0, 0.05) is 31.4 Å². The van der Waals surface area contributed by atoms with Crippen LogP contribution in [-0.4, -0.2) is 51.6 Å². The summed E-state index contributed by atoms with van der Waals surface area (Å²) in [7, 11) is 0. The van der Waals surface area contributed by atoms with Gasteiger partial charge >= 0.3 is 12.1 Å². The lowest BCUT2D eigenvalue weighted by atomic mass is 9.96. The van der Waals surface area contributed by atoms with E-state index in [9.17, 15) is 9.59 Å². The minimum atomic E-state index is -0.857. The van der Waals surface area contributed by atoms with E-state index in [-0.39, 0.29) is 6.03 Å². The highest BCUT2D eigenvalue weighted by molar-refractivity contribution is 5.91. The zero-order chi connectivity index (χ0) is 14.8. The molecule has 112 valence electrons. The Balaban J connectivity index is 1.59. The minimum Gasteiger partial charge on any atom is -0.465 e. The van der Waals surface area contributed by atoms with Gasteiger partial charge in [-0.05, 0) is 24.8 Å². The summed E-state index contributed by atoms with van der Waals surface area (Å²) in [4.78, 5) is 30.3. The lowest BCUT2D eigenvalue weighted by molar-refractivity contribution is 0.115. The van der Waals surface area contributed by atoms with Gasteiger partial charge in [0.2, 0.25) is 0 Å². The molecule has 0 bridgehead atoms. The molecule has 21 heavy (non-hydrogen) atoms. The van der Waals surface area contributed by atoms with Gasteiger partial charge in [0.15, 0.2) is 0 Å². The molecule has 3 amide bonds. The molecule has 7 heteroatoms. The zero-order valence-electron chi connectivity index (χ0n) is 11.7. The number of nitrogens with zero attached hydrogens (tertiary/aromatic N) is 3. The van der Waals surface area contributed by atoms with Gasteiger partial charge < -0.3 is 14.9 Å². The second kappa shape index (κ2) is 5.59. The van der Waals surface area contributed by atoms with E-state index in [0.29, 0.717) is 37.9 Å². The number of carboxylic acid groups (broad SMARTS) is 1. The quantitative estimate of drug-likeness (QED) is 0.870. The van der Waals surface area contributed by atoms with Crippen molar-refractivity contribution >= 4 is 17.9 Å². The largest absolute Gasteiger partial charge is 0.465 e. The summed E-state index contributed by atoms with van der Waals surface area (Å²) in [6.45, 7) is 2.32. The first kappa shape index (κ1) is 13.7. The summed E-state index contributed by atoms with van der Waals surface area (Å²) in [6, 6.07) is 3.70. The van der Waals surface area contributed by atoms with Crippen LogP contribution >= 0.6 is 0 Å². The molecule has 3 rings (SSSR count). The number of piperidine rings is 1. The van der Waals surface area contributed by atoms with Crippen molar-refractivity contribution in [2.75, 3.05) is 25.0 Å². The Labute approximate surface area is 122 Å². The molecule has 2 aliphatic heterocycles. The van der Waals surface area contributed by atoms with Crippen molar-refractivity contribution in [3.8, 4) is 0 Å². The molecule has 3 heterocycles. The zero-order valence-corrected chi connectivity index (χ0v) is 11.7. The summed E-state index contributed by atoms with van der Waals surface area (Å²) in [5, 5.41) is 11.7. The van der Waals surface area contributed by atoms with Crippen molar-refractivity contribution in [2.24, 2.45) is 5.92 Å². The average molecular weight is 290 g/mol. The monoisotopic (exact) mass is 290 g/mol. The van der Waals surface area contributed by atoms with Crippen LogP contribution in [0.25, 0.3) is 0 Å². The molecule has 0 atom stereocenters. The third kappa shape index (κ3) is 2.91. The van der Waals surface area contributed by atoms with Gasteiger partial charge in [-0.25, -0.2) is 14.6 Å². The van der Waals surface area contributed by atoms with Crippen LogP contribution in [0.15, 0.2) is 18.3 Å². The number of aromatic nitrogens is 1. The minimum absolute atomic E-state index is 0.123. The summed E-state index contributed by atoms with van der Waals surface area (Å²) in [6.07, 6.45) is 2.41. The standard InChI is InChI=1S/C14H18N4O3/c19-13-16-12-11(2-1-5-15-12)9-18(13)8-10-3-6-17(7-4-10)14(20)21/h1-2,5,10H,3-4,6-9H2,(H,20,21)(H,15,16,19). The van der Waals surface area contributed by atoms with Crippen LogP contribution in [0.4, 0.5) is 15.4 Å². The van der Waals surface area contributed by atoms with Crippen molar-refractivity contribution in [1.82, 2.24) is 14.8 Å². The normalized spacial score (nSPS) is 19.1. The first-order valence-corrected chi connectivity index (χ1v) is 7.11. The molecular formula is C14H18N4O3. The fourth-order valence-electron chi connectivity index (χ4n) is 2.90. The molecule has 2 aliphatic rings. The van der Waals surface area contributed by atoms with Crippen LogP contribution in [0.1, 0.15) is 18.4 Å². The maximum atomic E-state index is 12.1. The Morgan fingerprint density at radius 3 is 2.90 bits per heavy atom. The van der Waals surface area contributed by atoms with E-state index in [1.165, 1.54) is 4.90 Å². The predicted molar refractivity (Wildman–Crippen MR) is 76.0 cm³/mol. The van der Waals surface area contributed by atoms with Gasteiger partial charge in [-0.1, -0.05) is 6.07 Å². The number of fused-ring (bicyclic) bond motifs is 1. The van der Waals surface area contributed by atoms with Gasteiger partial charge in [0.25, 0.3) is 0 Å². The molecule has 1 fully saturated rings. The third-order valence-corrected chi connectivity index (χ3v) is 4.13. The van der Waals surface area contributed by atoms with Crippen LogP contribution in [0.5, 0.6) is 0 Å². The van der Waals surface area contributed by atoms with E-state index in [2.05, 4.69) is 10.3 Å². The number of hydrogen-bond acceptors (Lipinski definition) is 3. The number of pyridine rings is 1. The van der Waals surface area contributed by atoms with Crippen molar-refractivity contribution in [3.63, 3.8) is 0 Å². The van der Waals surface area contributed by atoms with E-state index in [1.54, 1.807) is 11.1 Å². The Bertz CT molecular complexity index is 555. The fourth-order valence-corrected chi connectivity index (χ4v) is 2.90. The molecule has 0 aliphatic carbocycles. The summed E-state index contributed by atoms with van der Waals surface area (Å²) in [5.74, 6) is 0.990. The number of carbonyl (C=O) groups is 2. The maximum Gasteiger partial charge on any atom is 0.407 e. The molecule has 0 spiro atoms. The Morgan fingerprint density at radius 2 is 2.19 bits per heavy atom. The molecule has 0 radical (unpaired) electrons. The van der Waals surface area contributed by atoms with Crippen LogP contribution in [0.3, 0.4) is 0 Å². The molecule has 1 aromatic rings. The van der Waals surface area contributed by atoms with Crippen LogP contribution in [-0.2, 0) is 6.54 Å². The highest BCUT2D eigenvalue weighted by atomic mass is 16.4. The van der Waals surface area contributed by atoms with Gasteiger partial charge in [0.05, 0.1) is 6.54 Å². The van der Waals surface area contributed by atoms with Crippen molar-refractivity contribution < 1.29 is 14.7 Å². The molecule has 1 saturated heterocycles. The number of rotatable bonds is 2. The van der Waals surface area contributed by atoms with E-state index >= 15 is 0 Å². The molecule has 0 unspecified atom stereocenters. The van der Waals surface area contributed by atoms with E-state index < -0.39 is 6.09 Å². The van der Waals surface area contributed by atoms with Crippen molar-refractivity contribution in [2.45, 2.75) is 19.4 Å².